The first kappa shape index (κ1) is 10.6. The SMILES string of the molecule is O=[N+]([O-])C(c1ccc(Br)s1)[SH](=O)=O. The number of halogens is 1. The number of nitrogens with zero attached hydrogens (tertiary/aromatic N) is 1. The molecule has 1 heterocycles. The van der Waals surface area contributed by atoms with Gasteiger partial charge in [-0.25, -0.2) is 8.42 Å². The molecule has 0 saturated carbocycles. The molecule has 0 aliphatic rings. The van der Waals surface area contributed by atoms with Crippen LogP contribution in [-0.4, -0.2) is 13.3 Å². The molecule has 0 aliphatic carbocycles. The lowest BCUT2D eigenvalue weighted by Gasteiger charge is -1.97. The molecule has 0 amide bonds. The average Bonchev–Trinajstić information content (AvgIpc) is 2.34. The number of thiol groups is 1. The standard InChI is InChI=1S/C5H4BrNO4S2/c6-4-2-1-3(12-4)5(7(8)9)13(10)11/h1-2,5,13H. The van der Waals surface area contributed by atoms with Gasteiger partial charge in [-0.3, -0.25) is 10.1 Å². The summed E-state index contributed by atoms with van der Waals surface area (Å²) in [5, 5.41) is 8.74. The van der Waals surface area contributed by atoms with Gasteiger partial charge in [-0.05, 0) is 28.1 Å². The van der Waals surface area contributed by atoms with Crippen LogP contribution in [0.15, 0.2) is 15.9 Å². The van der Waals surface area contributed by atoms with Crippen LogP contribution in [0.3, 0.4) is 0 Å². The molecule has 1 aromatic heterocycles. The predicted molar refractivity (Wildman–Crippen MR) is 52.1 cm³/mol. The molecular weight excluding hydrogens is 282 g/mol. The minimum absolute atomic E-state index is 0.216. The first-order valence-corrected chi connectivity index (χ1v) is 5.90. The summed E-state index contributed by atoms with van der Waals surface area (Å²) in [6.45, 7) is 0. The second kappa shape index (κ2) is 4.16. The maximum Gasteiger partial charge on any atom is 0.341 e. The minimum Gasteiger partial charge on any atom is -0.263 e. The molecule has 0 aromatic carbocycles. The Balaban J connectivity index is 3.09. The van der Waals surface area contributed by atoms with Crippen molar-refractivity contribution in [2.75, 3.05) is 0 Å². The minimum atomic E-state index is -3.08. The van der Waals surface area contributed by atoms with Crippen molar-refractivity contribution in [3.63, 3.8) is 0 Å². The third-order valence-corrected chi connectivity index (χ3v) is 3.96. The van der Waals surface area contributed by atoms with Crippen LogP contribution in [0.5, 0.6) is 0 Å². The first-order chi connectivity index (χ1) is 6.02. The largest absolute Gasteiger partial charge is 0.341 e. The van der Waals surface area contributed by atoms with Gasteiger partial charge < -0.3 is 0 Å². The van der Waals surface area contributed by atoms with Crippen LogP contribution in [0.2, 0.25) is 0 Å². The Morgan fingerprint density at radius 3 is 2.46 bits per heavy atom. The van der Waals surface area contributed by atoms with E-state index in [4.69, 9.17) is 0 Å². The molecular formula is C5H4BrNO4S2. The van der Waals surface area contributed by atoms with Gasteiger partial charge in [-0.15, -0.1) is 11.3 Å². The van der Waals surface area contributed by atoms with Gasteiger partial charge in [0.25, 0.3) is 0 Å². The highest BCUT2D eigenvalue weighted by Gasteiger charge is 2.27. The maximum absolute atomic E-state index is 10.5. The zero-order valence-corrected chi connectivity index (χ0v) is 9.34. The van der Waals surface area contributed by atoms with Crippen molar-refractivity contribution in [2.24, 2.45) is 0 Å². The highest BCUT2D eigenvalue weighted by atomic mass is 79.9. The van der Waals surface area contributed by atoms with E-state index in [1.54, 1.807) is 6.07 Å². The zero-order chi connectivity index (χ0) is 10.0. The maximum atomic E-state index is 10.5. The number of hydrogen-bond donors (Lipinski definition) is 1. The van der Waals surface area contributed by atoms with Gasteiger partial charge in [0.05, 0.1) is 8.66 Å². The molecule has 0 aliphatic heterocycles. The summed E-state index contributed by atoms with van der Waals surface area (Å²) in [7, 11) is -3.08. The molecule has 1 rings (SSSR count). The van der Waals surface area contributed by atoms with Gasteiger partial charge in [0.2, 0.25) is 10.7 Å². The van der Waals surface area contributed by atoms with Gasteiger partial charge in [0.15, 0.2) is 0 Å². The predicted octanol–water partition coefficient (Wildman–Crippen LogP) is 1.40. The number of thiophene rings is 1. The molecule has 1 atom stereocenters. The van der Waals surface area contributed by atoms with Gasteiger partial charge >= 0.3 is 5.37 Å². The summed E-state index contributed by atoms with van der Waals surface area (Å²) in [5.74, 6) is 0. The van der Waals surface area contributed by atoms with Crippen LogP contribution in [0, 0.1) is 10.1 Å². The van der Waals surface area contributed by atoms with E-state index < -0.39 is 21.0 Å². The Morgan fingerprint density at radius 1 is 1.54 bits per heavy atom. The smallest absolute Gasteiger partial charge is 0.263 e. The Labute approximate surface area is 87.6 Å². The molecule has 13 heavy (non-hydrogen) atoms. The summed E-state index contributed by atoms with van der Waals surface area (Å²) in [6.07, 6.45) is 0. The van der Waals surface area contributed by atoms with Crippen molar-refractivity contribution in [1.29, 1.82) is 0 Å². The highest BCUT2D eigenvalue weighted by molar-refractivity contribution is 9.11. The summed E-state index contributed by atoms with van der Waals surface area (Å²) in [5.41, 5.74) is 0. The quantitative estimate of drug-likeness (QED) is 0.517. The summed E-state index contributed by atoms with van der Waals surface area (Å²) in [6, 6.07) is 3.00. The van der Waals surface area contributed by atoms with Crippen molar-refractivity contribution in [3.05, 3.63) is 30.9 Å². The molecule has 1 aromatic rings. The molecule has 0 saturated heterocycles. The second-order valence-electron chi connectivity index (χ2n) is 2.09. The monoisotopic (exact) mass is 285 g/mol. The van der Waals surface area contributed by atoms with E-state index >= 15 is 0 Å². The van der Waals surface area contributed by atoms with Gasteiger partial charge in [-0.2, -0.15) is 0 Å². The molecule has 72 valence electrons. The van der Waals surface area contributed by atoms with Crippen molar-refractivity contribution >= 4 is 38.0 Å². The third kappa shape index (κ3) is 2.48. The van der Waals surface area contributed by atoms with Crippen molar-refractivity contribution in [2.45, 2.75) is 5.37 Å². The van der Waals surface area contributed by atoms with E-state index in [1.165, 1.54) is 6.07 Å². The molecule has 0 fully saturated rings. The molecule has 0 bridgehead atoms. The summed E-state index contributed by atoms with van der Waals surface area (Å²) >= 11 is 4.14. The van der Waals surface area contributed by atoms with Crippen molar-refractivity contribution in [3.8, 4) is 0 Å². The molecule has 0 spiro atoms. The van der Waals surface area contributed by atoms with E-state index in [1.807, 2.05) is 0 Å². The number of rotatable bonds is 3. The van der Waals surface area contributed by atoms with E-state index in [0.717, 1.165) is 11.3 Å². The van der Waals surface area contributed by atoms with Crippen LogP contribution in [0.1, 0.15) is 10.3 Å². The Morgan fingerprint density at radius 2 is 2.15 bits per heavy atom. The molecule has 8 heteroatoms. The summed E-state index contributed by atoms with van der Waals surface area (Å²) < 4.78 is 21.7. The Kier molecular flexibility index (Phi) is 3.40. The fourth-order valence-corrected chi connectivity index (χ4v) is 3.00. The van der Waals surface area contributed by atoms with E-state index in [9.17, 15) is 18.5 Å². The average molecular weight is 286 g/mol. The van der Waals surface area contributed by atoms with Crippen LogP contribution < -0.4 is 0 Å². The Hall–Kier alpha value is -0.470. The second-order valence-corrected chi connectivity index (χ2v) is 5.64. The Bertz CT molecular complexity index is 391. The van der Waals surface area contributed by atoms with Gasteiger partial charge in [0.1, 0.15) is 0 Å². The van der Waals surface area contributed by atoms with Gasteiger partial charge in [-0.1, -0.05) is 0 Å². The molecule has 0 N–H and O–H groups in total. The van der Waals surface area contributed by atoms with Crippen LogP contribution in [0.25, 0.3) is 0 Å². The molecule has 1 unspecified atom stereocenters. The van der Waals surface area contributed by atoms with E-state index in [0.29, 0.717) is 3.79 Å². The van der Waals surface area contributed by atoms with Crippen LogP contribution in [0.4, 0.5) is 0 Å². The van der Waals surface area contributed by atoms with E-state index in [-0.39, 0.29) is 4.88 Å². The lowest BCUT2D eigenvalue weighted by Crippen LogP contribution is -2.10. The number of hydrogen-bond acceptors (Lipinski definition) is 5. The van der Waals surface area contributed by atoms with E-state index in [2.05, 4.69) is 15.9 Å². The number of nitro groups is 1. The van der Waals surface area contributed by atoms with Crippen LogP contribution >= 0.6 is 27.3 Å². The summed E-state index contributed by atoms with van der Waals surface area (Å²) in [4.78, 5) is 9.76. The van der Waals surface area contributed by atoms with Crippen LogP contribution in [-0.2, 0) is 10.7 Å². The lowest BCUT2D eigenvalue weighted by atomic mass is 10.5. The fraction of sp³-hybridized carbons (Fsp3) is 0.200. The zero-order valence-electron chi connectivity index (χ0n) is 6.05. The van der Waals surface area contributed by atoms with Crippen molar-refractivity contribution < 1.29 is 13.3 Å². The molecule has 5 nitrogen and oxygen atoms in total. The normalized spacial score (nSPS) is 13.1. The first-order valence-electron chi connectivity index (χ1n) is 3.04. The van der Waals surface area contributed by atoms with Gasteiger partial charge in [0, 0.05) is 4.92 Å². The lowest BCUT2D eigenvalue weighted by molar-refractivity contribution is -0.501. The molecule has 0 radical (unpaired) electrons. The highest BCUT2D eigenvalue weighted by Crippen LogP contribution is 2.29. The fourth-order valence-electron chi connectivity index (χ4n) is 0.752. The topological polar surface area (TPSA) is 77.3 Å². The van der Waals surface area contributed by atoms with Crippen molar-refractivity contribution in [1.82, 2.24) is 0 Å². The third-order valence-electron chi connectivity index (χ3n) is 1.25.